The quantitative estimate of drug-likeness (QED) is 0.364. The van der Waals surface area contributed by atoms with Gasteiger partial charge >= 0.3 is 12.2 Å². The molecule has 0 aromatic heterocycles. The van der Waals surface area contributed by atoms with Gasteiger partial charge in [0, 0.05) is 6.42 Å². The van der Waals surface area contributed by atoms with E-state index in [1.165, 1.54) is 0 Å². The number of hydrogen-bond acceptors (Lipinski definition) is 4. The molecule has 0 aromatic carbocycles. The molecule has 0 radical (unpaired) electrons. The number of carboxylic acids is 1. The van der Waals surface area contributed by atoms with E-state index in [9.17, 15) is 14.9 Å². The normalized spacial score (nSPS) is 14.2. The van der Waals surface area contributed by atoms with Gasteiger partial charge in [-0.3, -0.25) is 10.1 Å². The summed E-state index contributed by atoms with van der Waals surface area (Å²) >= 11 is 0. The standard InChI is InChI=1S/C11H21NO5/c1-3-5-7-9(11(13)14)17-10(12(15)16)8-6-4-2/h9-10H,3-8H2,1-2H3,(H,13,14). The number of hydrogen-bond donors (Lipinski definition) is 1. The van der Waals surface area contributed by atoms with Crippen molar-refractivity contribution < 1.29 is 19.6 Å². The van der Waals surface area contributed by atoms with Crippen LogP contribution in [0.2, 0.25) is 0 Å². The number of ether oxygens (including phenoxy) is 1. The Balaban J connectivity index is 4.34. The molecule has 6 heteroatoms. The summed E-state index contributed by atoms with van der Waals surface area (Å²) in [5, 5.41) is 19.6. The highest BCUT2D eigenvalue weighted by molar-refractivity contribution is 5.72. The number of aliphatic carboxylic acids is 1. The van der Waals surface area contributed by atoms with Crippen LogP contribution in [0.5, 0.6) is 0 Å². The Morgan fingerprint density at radius 3 is 2.24 bits per heavy atom. The average molecular weight is 247 g/mol. The molecule has 0 aromatic rings. The van der Waals surface area contributed by atoms with Gasteiger partial charge in [0.15, 0.2) is 6.10 Å². The molecule has 0 spiro atoms. The second kappa shape index (κ2) is 8.92. The van der Waals surface area contributed by atoms with Crippen LogP contribution >= 0.6 is 0 Å². The Bertz CT molecular complexity index is 220. The number of nitrogens with zero attached hydrogens (tertiary/aromatic N) is 1. The van der Waals surface area contributed by atoms with E-state index in [0.717, 1.165) is 12.8 Å². The predicted octanol–water partition coefficient (Wildman–Crippen LogP) is 2.44. The molecular formula is C11H21NO5. The van der Waals surface area contributed by atoms with Gasteiger partial charge < -0.3 is 9.84 Å². The molecule has 0 heterocycles. The fourth-order valence-electron chi connectivity index (χ4n) is 1.43. The average Bonchev–Trinajstić information content (AvgIpc) is 2.27. The van der Waals surface area contributed by atoms with Gasteiger partial charge in [0.05, 0.1) is 4.92 Å². The lowest BCUT2D eigenvalue weighted by atomic mass is 10.1. The zero-order valence-electron chi connectivity index (χ0n) is 10.4. The molecule has 0 saturated heterocycles. The number of carboxylic acid groups (broad SMARTS) is 1. The first-order valence-electron chi connectivity index (χ1n) is 6.04. The van der Waals surface area contributed by atoms with Crippen molar-refractivity contribution in [3.05, 3.63) is 10.1 Å². The zero-order chi connectivity index (χ0) is 13.3. The van der Waals surface area contributed by atoms with Crippen LogP contribution in [0.1, 0.15) is 52.4 Å². The molecule has 0 bridgehead atoms. The van der Waals surface area contributed by atoms with E-state index in [0.29, 0.717) is 19.3 Å². The molecule has 0 aliphatic carbocycles. The molecule has 17 heavy (non-hydrogen) atoms. The highest BCUT2D eigenvalue weighted by Crippen LogP contribution is 2.13. The molecule has 0 saturated carbocycles. The molecule has 0 rings (SSSR count). The first-order valence-corrected chi connectivity index (χ1v) is 6.04. The van der Waals surface area contributed by atoms with Crippen molar-refractivity contribution in [3.8, 4) is 0 Å². The topological polar surface area (TPSA) is 89.7 Å². The van der Waals surface area contributed by atoms with Crippen molar-refractivity contribution in [2.75, 3.05) is 0 Å². The van der Waals surface area contributed by atoms with Gasteiger partial charge in [-0.05, 0) is 12.8 Å². The van der Waals surface area contributed by atoms with Gasteiger partial charge in [-0.2, -0.15) is 0 Å². The third kappa shape index (κ3) is 6.88. The molecule has 0 aliphatic rings. The lowest BCUT2D eigenvalue weighted by Crippen LogP contribution is -2.33. The second-order valence-corrected chi connectivity index (χ2v) is 3.99. The minimum Gasteiger partial charge on any atom is -0.479 e. The highest BCUT2D eigenvalue weighted by atomic mass is 16.7. The molecule has 2 atom stereocenters. The number of carbonyl (C=O) groups is 1. The van der Waals surface area contributed by atoms with Gasteiger partial charge in [0.25, 0.3) is 0 Å². The minimum atomic E-state index is -1.20. The van der Waals surface area contributed by atoms with E-state index >= 15 is 0 Å². The first-order chi connectivity index (χ1) is 8.02. The maximum Gasteiger partial charge on any atom is 0.333 e. The molecule has 0 fully saturated rings. The minimum absolute atomic E-state index is 0.263. The van der Waals surface area contributed by atoms with E-state index in [2.05, 4.69) is 0 Å². The van der Waals surface area contributed by atoms with E-state index < -0.39 is 23.2 Å². The predicted molar refractivity (Wildman–Crippen MR) is 62.3 cm³/mol. The summed E-state index contributed by atoms with van der Waals surface area (Å²) in [5.74, 6) is -1.12. The van der Waals surface area contributed by atoms with Crippen LogP contribution < -0.4 is 0 Å². The summed E-state index contributed by atoms with van der Waals surface area (Å²) < 4.78 is 5.08. The molecular weight excluding hydrogens is 226 g/mol. The van der Waals surface area contributed by atoms with E-state index in [-0.39, 0.29) is 6.42 Å². The van der Waals surface area contributed by atoms with Crippen molar-refractivity contribution >= 4 is 5.97 Å². The van der Waals surface area contributed by atoms with Crippen LogP contribution in [0.4, 0.5) is 0 Å². The molecule has 2 unspecified atom stereocenters. The lowest BCUT2D eigenvalue weighted by Gasteiger charge is -2.16. The van der Waals surface area contributed by atoms with Crippen molar-refractivity contribution in [3.63, 3.8) is 0 Å². The van der Waals surface area contributed by atoms with Crippen LogP contribution in [0.3, 0.4) is 0 Å². The number of nitro groups is 1. The molecule has 1 N–H and O–H groups in total. The summed E-state index contributed by atoms with van der Waals surface area (Å²) in [6, 6.07) is 0. The van der Waals surface area contributed by atoms with Gasteiger partial charge in [-0.1, -0.05) is 33.1 Å². The molecule has 6 nitrogen and oxygen atoms in total. The second-order valence-electron chi connectivity index (χ2n) is 3.99. The van der Waals surface area contributed by atoms with Crippen molar-refractivity contribution in [1.82, 2.24) is 0 Å². The van der Waals surface area contributed by atoms with Crippen LogP contribution in [-0.4, -0.2) is 28.3 Å². The Morgan fingerprint density at radius 2 is 1.82 bits per heavy atom. The van der Waals surface area contributed by atoms with E-state index in [1.54, 1.807) is 0 Å². The SMILES string of the molecule is CCCCC(OC(CCCC)[N+](=O)[O-])C(=O)O. The lowest BCUT2D eigenvalue weighted by molar-refractivity contribution is -0.580. The monoisotopic (exact) mass is 247 g/mol. The first kappa shape index (κ1) is 15.8. The van der Waals surface area contributed by atoms with Crippen LogP contribution in [-0.2, 0) is 9.53 Å². The number of unbranched alkanes of at least 4 members (excludes halogenated alkanes) is 2. The fraction of sp³-hybridized carbons (Fsp3) is 0.909. The smallest absolute Gasteiger partial charge is 0.333 e. The summed E-state index contributed by atoms with van der Waals surface area (Å²) in [4.78, 5) is 21.1. The number of rotatable bonds is 10. The summed E-state index contributed by atoms with van der Waals surface area (Å²) in [5.41, 5.74) is 0. The van der Waals surface area contributed by atoms with Gasteiger partial charge in [0.2, 0.25) is 0 Å². The van der Waals surface area contributed by atoms with Crippen LogP contribution in [0.25, 0.3) is 0 Å². The van der Waals surface area contributed by atoms with Crippen molar-refractivity contribution in [2.45, 2.75) is 64.7 Å². The summed E-state index contributed by atoms with van der Waals surface area (Å²) in [6.45, 7) is 3.85. The molecule has 0 aliphatic heterocycles. The van der Waals surface area contributed by atoms with Gasteiger partial charge in [-0.25, -0.2) is 4.79 Å². The van der Waals surface area contributed by atoms with E-state index in [1.807, 2.05) is 13.8 Å². The largest absolute Gasteiger partial charge is 0.479 e. The third-order valence-electron chi connectivity index (χ3n) is 2.46. The van der Waals surface area contributed by atoms with Gasteiger partial charge in [-0.15, -0.1) is 0 Å². The molecule has 100 valence electrons. The maximum absolute atomic E-state index is 10.9. The summed E-state index contributed by atoms with van der Waals surface area (Å²) in [7, 11) is 0. The highest BCUT2D eigenvalue weighted by Gasteiger charge is 2.28. The van der Waals surface area contributed by atoms with Crippen LogP contribution in [0.15, 0.2) is 0 Å². The Kier molecular flexibility index (Phi) is 8.31. The zero-order valence-corrected chi connectivity index (χ0v) is 10.4. The van der Waals surface area contributed by atoms with Crippen LogP contribution in [0, 0.1) is 10.1 Å². The van der Waals surface area contributed by atoms with Crippen molar-refractivity contribution in [2.24, 2.45) is 0 Å². The van der Waals surface area contributed by atoms with E-state index in [4.69, 9.17) is 9.84 Å². The maximum atomic E-state index is 10.9. The van der Waals surface area contributed by atoms with Crippen molar-refractivity contribution in [1.29, 1.82) is 0 Å². The third-order valence-corrected chi connectivity index (χ3v) is 2.46. The molecule has 0 amide bonds. The fourth-order valence-corrected chi connectivity index (χ4v) is 1.43. The summed E-state index contributed by atoms with van der Waals surface area (Å²) in [6.07, 6.45) is 1.32. The Morgan fingerprint density at radius 1 is 1.29 bits per heavy atom. The van der Waals surface area contributed by atoms with Gasteiger partial charge in [0.1, 0.15) is 0 Å². The Labute approximate surface area is 101 Å². The Hall–Kier alpha value is -1.17.